The molecule has 0 fully saturated rings. The predicted octanol–water partition coefficient (Wildman–Crippen LogP) is 1.61. The van der Waals surface area contributed by atoms with Crippen molar-refractivity contribution in [2.24, 2.45) is 11.1 Å². The van der Waals surface area contributed by atoms with Crippen LogP contribution >= 0.6 is 0 Å². The van der Waals surface area contributed by atoms with Gasteiger partial charge in [0.15, 0.2) is 0 Å². The second kappa shape index (κ2) is 3.44. The Balaban J connectivity index is 4.56. The minimum atomic E-state index is -0.780. The molecule has 0 aromatic heterocycles. The van der Waals surface area contributed by atoms with Crippen molar-refractivity contribution < 1.29 is 9.90 Å². The number of carboxylic acid groups (broad SMARTS) is 1. The Kier molecular flexibility index (Phi) is 3.27. The van der Waals surface area contributed by atoms with Crippen molar-refractivity contribution >= 4 is 5.97 Å². The Labute approximate surface area is 74.0 Å². The predicted molar refractivity (Wildman–Crippen MR) is 48.9 cm³/mol. The maximum absolute atomic E-state index is 10.6. The van der Waals surface area contributed by atoms with Gasteiger partial charge in [0.25, 0.3) is 0 Å². The van der Waals surface area contributed by atoms with E-state index in [1.807, 2.05) is 27.7 Å². The van der Waals surface area contributed by atoms with E-state index in [2.05, 4.69) is 0 Å². The van der Waals surface area contributed by atoms with Gasteiger partial charge in [0.1, 0.15) is 0 Å². The third kappa shape index (κ3) is 2.48. The standard InChI is InChI=1S/C9H19NO2/c1-5-9(4,6-7(11)12)8(2,3)10/h5-6,10H2,1-4H3,(H,11,12). The highest BCUT2D eigenvalue weighted by atomic mass is 16.4. The van der Waals surface area contributed by atoms with E-state index in [4.69, 9.17) is 10.8 Å². The Hall–Kier alpha value is -0.570. The summed E-state index contributed by atoms with van der Waals surface area (Å²) in [5.74, 6) is -0.780. The van der Waals surface area contributed by atoms with Crippen LogP contribution in [0, 0.1) is 5.41 Å². The smallest absolute Gasteiger partial charge is 0.303 e. The third-order valence-electron chi connectivity index (χ3n) is 2.88. The lowest BCUT2D eigenvalue weighted by atomic mass is 9.69. The normalized spacial score (nSPS) is 17.1. The van der Waals surface area contributed by atoms with Gasteiger partial charge in [0.05, 0.1) is 6.42 Å². The van der Waals surface area contributed by atoms with Gasteiger partial charge in [-0.05, 0) is 25.7 Å². The number of hydrogen-bond donors (Lipinski definition) is 2. The fraction of sp³-hybridized carbons (Fsp3) is 0.889. The Bertz CT molecular complexity index is 172. The summed E-state index contributed by atoms with van der Waals surface area (Å²) < 4.78 is 0. The molecule has 0 bridgehead atoms. The average Bonchev–Trinajstić information content (AvgIpc) is 1.83. The number of carbonyl (C=O) groups is 1. The Morgan fingerprint density at radius 2 is 1.83 bits per heavy atom. The molecule has 0 aliphatic heterocycles. The molecule has 0 rings (SSSR count). The van der Waals surface area contributed by atoms with Gasteiger partial charge >= 0.3 is 5.97 Å². The molecule has 3 heteroatoms. The lowest BCUT2D eigenvalue weighted by Gasteiger charge is -2.40. The van der Waals surface area contributed by atoms with Crippen LogP contribution in [-0.2, 0) is 4.79 Å². The summed E-state index contributed by atoms with van der Waals surface area (Å²) in [6.45, 7) is 7.64. The Morgan fingerprint density at radius 1 is 1.42 bits per heavy atom. The minimum absolute atomic E-state index is 0.132. The monoisotopic (exact) mass is 173 g/mol. The van der Waals surface area contributed by atoms with Crippen LogP contribution in [0.4, 0.5) is 0 Å². The first-order valence-corrected chi connectivity index (χ1v) is 4.23. The number of aliphatic carboxylic acids is 1. The lowest BCUT2D eigenvalue weighted by molar-refractivity contribution is -0.140. The van der Waals surface area contributed by atoms with Crippen LogP contribution in [0.3, 0.4) is 0 Å². The molecule has 0 heterocycles. The quantitative estimate of drug-likeness (QED) is 0.679. The van der Waals surface area contributed by atoms with E-state index in [1.54, 1.807) is 0 Å². The molecule has 0 amide bonds. The van der Waals surface area contributed by atoms with Gasteiger partial charge in [-0.3, -0.25) is 4.79 Å². The molecule has 3 nitrogen and oxygen atoms in total. The van der Waals surface area contributed by atoms with E-state index in [0.29, 0.717) is 0 Å². The largest absolute Gasteiger partial charge is 0.481 e. The zero-order valence-corrected chi connectivity index (χ0v) is 8.35. The zero-order chi connectivity index (χ0) is 9.99. The van der Waals surface area contributed by atoms with Gasteiger partial charge < -0.3 is 10.8 Å². The van der Waals surface area contributed by atoms with Crippen LogP contribution in [0.5, 0.6) is 0 Å². The first-order chi connectivity index (χ1) is 5.23. The van der Waals surface area contributed by atoms with Gasteiger partial charge in [-0.1, -0.05) is 13.8 Å². The summed E-state index contributed by atoms with van der Waals surface area (Å²) in [6, 6.07) is 0. The van der Waals surface area contributed by atoms with Gasteiger partial charge in [-0.15, -0.1) is 0 Å². The highest BCUT2D eigenvalue weighted by molar-refractivity contribution is 5.67. The fourth-order valence-electron chi connectivity index (χ4n) is 1.14. The maximum atomic E-state index is 10.6. The molecule has 0 aliphatic carbocycles. The summed E-state index contributed by atoms with van der Waals surface area (Å²) in [5.41, 5.74) is 5.14. The summed E-state index contributed by atoms with van der Waals surface area (Å²) in [7, 11) is 0. The molecule has 0 spiro atoms. The molecular formula is C9H19NO2. The maximum Gasteiger partial charge on any atom is 0.303 e. The van der Waals surface area contributed by atoms with Crippen molar-refractivity contribution in [2.75, 3.05) is 0 Å². The molecule has 1 unspecified atom stereocenters. The van der Waals surface area contributed by atoms with E-state index >= 15 is 0 Å². The first-order valence-electron chi connectivity index (χ1n) is 4.23. The van der Waals surface area contributed by atoms with E-state index in [-0.39, 0.29) is 11.8 Å². The molecule has 0 saturated carbocycles. The second-order valence-electron chi connectivity index (χ2n) is 4.21. The highest BCUT2D eigenvalue weighted by Crippen LogP contribution is 2.35. The van der Waals surface area contributed by atoms with E-state index in [0.717, 1.165) is 6.42 Å². The molecule has 0 saturated heterocycles. The first kappa shape index (κ1) is 11.4. The van der Waals surface area contributed by atoms with Crippen molar-refractivity contribution in [1.82, 2.24) is 0 Å². The Morgan fingerprint density at radius 3 is 1.92 bits per heavy atom. The highest BCUT2D eigenvalue weighted by Gasteiger charge is 2.38. The van der Waals surface area contributed by atoms with E-state index in [9.17, 15) is 4.79 Å². The number of hydrogen-bond acceptors (Lipinski definition) is 2. The summed E-state index contributed by atoms with van der Waals surface area (Å²) in [6.07, 6.45) is 0.912. The lowest BCUT2D eigenvalue weighted by Crippen LogP contribution is -2.49. The average molecular weight is 173 g/mol. The van der Waals surface area contributed by atoms with Gasteiger partial charge in [0, 0.05) is 5.54 Å². The van der Waals surface area contributed by atoms with Crippen LogP contribution in [-0.4, -0.2) is 16.6 Å². The van der Waals surface area contributed by atoms with Crippen LogP contribution in [0.15, 0.2) is 0 Å². The van der Waals surface area contributed by atoms with Gasteiger partial charge in [0.2, 0.25) is 0 Å². The van der Waals surface area contributed by atoms with E-state index in [1.165, 1.54) is 0 Å². The molecule has 0 aromatic rings. The summed E-state index contributed by atoms with van der Waals surface area (Å²) in [5, 5.41) is 8.69. The van der Waals surface area contributed by atoms with Crippen LogP contribution < -0.4 is 5.73 Å². The molecule has 72 valence electrons. The van der Waals surface area contributed by atoms with Crippen LogP contribution in [0.1, 0.15) is 40.5 Å². The molecule has 0 aromatic carbocycles. The molecule has 0 aliphatic rings. The molecule has 1 atom stereocenters. The van der Waals surface area contributed by atoms with Gasteiger partial charge in [-0.25, -0.2) is 0 Å². The van der Waals surface area contributed by atoms with Crippen LogP contribution in [0.25, 0.3) is 0 Å². The third-order valence-corrected chi connectivity index (χ3v) is 2.88. The zero-order valence-electron chi connectivity index (χ0n) is 8.35. The van der Waals surface area contributed by atoms with Crippen LogP contribution in [0.2, 0.25) is 0 Å². The number of nitrogens with two attached hydrogens (primary N) is 1. The van der Waals surface area contributed by atoms with Crippen molar-refractivity contribution in [3.05, 3.63) is 0 Å². The van der Waals surface area contributed by atoms with Gasteiger partial charge in [-0.2, -0.15) is 0 Å². The SMILES string of the molecule is CCC(C)(CC(=O)O)C(C)(C)N. The molecule has 0 radical (unpaired) electrons. The molecule has 12 heavy (non-hydrogen) atoms. The van der Waals surface area contributed by atoms with Crippen molar-refractivity contribution in [1.29, 1.82) is 0 Å². The molecular weight excluding hydrogens is 154 g/mol. The number of rotatable bonds is 4. The van der Waals surface area contributed by atoms with Crippen molar-refractivity contribution in [3.63, 3.8) is 0 Å². The van der Waals surface area contributed by atoms with Crippen molar-refractivity contribution in [3.8, 4) is 0 Å². The topological polar surface area (TPSA) is 63.3 Å². The van der Waals surface area contributed by atoms with Crippen molar-refractivity contribution in [2.45, 2.75) is 46.1 Å². The summed E-state index contributed by atoms with van der Waals surface area (Å²) in [4.78, 5) is 10.6. The molecule has 3 N–H and O–H groups in total. The van der Waals surface area contributed by atoms with E-state index < -0.39 is 11.5 Å². The second-order valence-corrected chi connectivity index (χ2v) is 4.21. The minimum Gasteiger partial charge on any atom is -0.481 e. The summed E-state index contributed by atoms with van der Waals surface area (Å²) >= 11 is 0. The fourth-order valence-corrected chi connectivity index (χ4v) is 1.14. The number of carboxylic acids is 1.